The molecule has 1 aromatic carbocycles. The van der Waals surface area contributed by atoms with Gasteiger partial charge in [-0.3, -0.25) is 0 Å². The van der Waals surface area contributed by atoms with Crippen LogP contribution in [0, 0.1) is 0 Å². The maximum Gasteiger partial charge on any atom is 0.199 e. The first-order valence-electron chi connectivity index (χ1n) is 4.77. The van der Waals surface area contributed by atoms with Crippen molar-refractivity contribution in [3.63, 3.8) is 0 Å². The standard InChI is InChI=1S/C12H9NOS/c1-2-4-11-10(3-1)13-12(14-11)7-9-5-6-15-8-9/h1-6,8H,7H2. The van der Waals surface area contributed by atoms with E-state index in [1.165, 1.54) is 5.56 Å². The summed E-state index contributed by atoms with van der Waals surface area (Å²) < 4.78 is 5.63. The van der Waals surface area contributed by atoms with Crippen LogP contribution in [0.5, 0.6) is 0 Å². The highest BCUT2D eigenvalue weighted by Gasteiger charge is 2.05. The molecule has 0 spiro atoms. The number of hydrogen-bond donors (Lipinski definition) is 0. The van der Waals surface area contributed by atoms with E-state index in [0.717, 1.165) is 23.4 Å². The molecule has 0 aliphatic rings. The third-order valence-electron chi connectivity index (χ3n) is 2.27. The molecule has 2 aromatic heterocycles. The second-order valence-corrected chi connectivity index (χ2v) is 4.16. The minimum atomic E-state index is 0.776. The maximum absolute atomic E-state index is 5.63. The highest BCUT2D eigenvalue weighted by Crippen LogP contribution is 2.18. The van der Waals surface area contributed by atoms with Crippen LogP contribution in [-0.2, 0) is 6.42 Å². The van der Waals surface area contributed by atoms with Crippen LogP contribution >= 0.6 is 11.3 Å². The molecule has 0 unspecified atom stereocenters. The predicted molar refractivity (Wildman–Crippen MR) is 61.1 cm³/mol. The van der Waals surface area contributed by atoms with Crippen LogP contribution in [0.25, 0.3) is 11.1 Å². The van der Waals surface area contributed by atoms with Crippen molar-refractivity contribution in [2.75, 3.05) is 0 Å². The van der Waals surface area contributed by atoms with Crippen LogP contribution < -0.4 is 0 Å². The average Bonchev–Trinajstić information content (AvgIpc) is 2.86. The number of nitrogens with zero attached hydrogens (tertiary/aromatic N) is 1. The van der Waals surface area contributed by atoms with Gasteiger partial charge in [0.25, 0.3) is 0 Å². The summed E-state index contributed by atoms with van der Waals surface area (Å²) in [6.07, 6.45) is 0.776. The van der Waals surface area contributed by atoms with E-state index in [-0.39, 0.29) is 0 Å². The van der Waals surface area contributed by atoms with E-state index < -0.39 is 0 Å². The zero-order valence-corrected chi connectivity index (χ0v) is 8.83. The summed E-state index contributed by atoms with van der Waals surface area (Å²) in [5.74, 6) is 0.787. The summed E-state index contributed by atoms with van der Waals surface area (Å²) >= 11 is 1.70. The lowest BCUT2D eigenvalue weighted by Gasteiger charge is -1.89. The molecule has 0 aliphatic heterocycles. The number of aromatic nitrogens is 1. The van der Waals surface area contributed by atoms with Gasteiger partial charge in [0.2, 0.25) is 0 Å². The van der Waals surface area contributed by atoms with Gasteiger partial charge >= 0.3 is 0 Å². The number of fused-ring (bicyclic) bond motifs is 1. The summed E-state index contributed by atoms with van der Waals surface area (Å²) in [5, 5.41) is 4.19. The number of benzene rings is 1. The van der Waals surface area contributed by atoms with Crippen LogP contribution in [0.4, 0.5) is 0 Å². The third-order valence-corrected chi connectivity index (χ3v) is 3.01. The van der Waals surface area contributed by atoms with Crippen LogP contribution in [0.15, 0.2) is 45.5 Å². The Kier molecular flexibility index (Phi) is 2.03. The molecule has 3 heteroatoms. The fraction of sp³-hybridized carbons (Fsp3) is 0.0833. The molecule has 74 valence electrons. The molecule has 0 N–H and O–H groups in total. The Hall–Kier alpha value is -1.61. The maximum atomic E-state index is 5.63. The quantitative estimate of drug-likeness (QED) is 0.654. The highest BCUT2D eigenvalue weighted by molar-refractivity contribution is 7.07. The molecule has 0 atom stereocenters. The van der Waals surface area contributed by atoms with Crippen molar-refractivity contribution in [1.82, 2.24) is 4.98 Å². The summed E-state index contributed by atoms with van der Waals surface area (Å²) in [6, 6.07) is 9.94. The second kappa shape index (κ2) is 3.51. The number of thiophene rings is 1. The van der Waals surface area contributed by atoms with Gasteiger partial charge in [-0.1, -0.05) is 12.1 Å². The molecule has 0 aliphatic carbocycles. The molecule has 0 bridgehead atoms. The Labute approximate surface area is 91.2 Å². The molecule has 3 rings (SSSR count). The van der Waals surface area contributed by atoms with Gasteiger partial charge in [-0.05, 0) is 34.5 Å². The van der Waals surface area contributed by atoms with Gasteiger partial charge in [0, 0.05) is 0 Å². The molecule has 0 saturated heterocycles. The molecule has 0 fully saturated rings. The number of rotatable bonds is 2. The van der Waals surface area contributed by atoms with Gasteiger partial charge in [-0.25, -0.2) is 4.98 Å². The molecule has 2 heterocycles. The largest absolute Gasteiger partial charge is 0.440 e. The SMILES string of the molecule is c1ccc2oc(Cc3ccsc3)nc2c1. The summed E-state index contributed by atoms with van der Waals surface area (Å²) in [7, 11) is 0. The number of oxazole rings is 1. The first kappa shape index (κ1) is 8.68. The molecule has 0 radical (unpaired) electrons. The van der Waals surface area contributed by atoms with Crippen LogP contribution in [0.3, 0.4) is 0 Å². The Morgan fingerprint density at radius 2 is 2.13 bits per heavy atom. The van der Waals surface area contributed by atoms with Crippen LogP contribution in [-0.4, -0.2) is 4.98 Å². The normalized spacial score (nSPS) is 10.9. The highest BCUT2D eigenvalue weighted by atomic mass is 32.1. The first-order valence-corrected chi connectivity index (χ1v) is 5.71. The van der Waals surface area contributed by atoms with Gasteiger partial charge in [0.1, 0.15) is 5.52 Å². The molecule has 15 heavy (non-hydrogen) atoms. The lowest BCUT2D eigenvalue weighted by molar-refractivity contribution is 0.544. The van der Waals surface area contributed by atoms with E-state index in [9.17, 15) is 0 Å². The topological polar surface area (TPSA) is 26.0 Å². The molecule has 2 nitrogen and oxygen atoms in total. The lowest BCUT2D eigenvalue weighted by Crippen LogP contribution is -1.83. The van der Waals surface area contributed by atoms with E-state index in [2.05, 4.69) is 21.8 Å². The van der Waals surface area contributed by atoms with Gasteiger partial charge in [0.05, 0.1) is 6.42 Å². The fourth-order valence-electron chi connectivity index (χ4n) is 1.56. The number of hydrogen-bond acceptors (Lipinski definition) is 3. The summed E-state index contributed by atoms with van der Waals surface area (Å²) in [5.41, 5.74) is 3.05. The molecule has 0 amide bonds. The Bertz CT molecular complexity index is 535. The van der Waals surface area contributed by atoms with E-state index in [4.69, 9.17) is 4.42 Å². The van der Waals surface area contributed by atoms with Crippen molar-refractivity contribution in [3.05, 3.63) is 52.5 Å². The smallest absolute Gasteiger partial charge is 0.199 e. The van der Waals surface area contributed by atoms with E-state index in [1.54, 1.807) is 11.3 Å². The van der Waals surface area contributed by atoms with Crippen molar-refractivity contribution in [2.24, 2.45) is 0 Å². The number of para-hydroxylation sites is 2. The van der Waals surface area contributed by atoms with E-state index in [1.807, 2.05) is 24.3 Å². The van der Waals surface area contributed by atoms with E-state index in [0.29, 0.717) is 0 Å². The lowest BCUT2D eigenvalue weighted by atomic mass is 10.2. The summed E-state index contributed by atoms with van der Waals surface area (Å²) in [6.45, 7) is 0. The van der Waals surface area contributed by atoms with Crippen molar-refractivity contribution >= 4 is 22.4 Å². The zero-order chi connectivity index (χ0) is 10.1. The van der Waals surface area contributed by atoms with Gasteiger partial charge < -0.3 is 4.42 Å². The van der Waals surface area contributed by atoms with Crippen LogP contribution in [0.2, 0.25) is 0 Å². The minimum absolute atomic E-state index is 0.776. The van der Waals surface area contributed by atoms with Gasteiger partial charge in [-0.2, -0.15) is 11.3 Å². The third kappa shape index (κ3) is 1.66. The first-order chi connectivity index (χ1) is 7.42. The molecule has 3 aromatic rings. The minimum Gasteiger partial charge on any atom is -0.440 e. The molecular weight excluding hydrogens is 206 g/mol. The van der Waals surface area contributed by atoms with Crippen molar-refractivity contribution in [3.8, 4) is 0 Å². The van der Waals surface area contributed by atoms with Gasteiger partial charge in [-0.15, -0.1) is 0 Å². The average molecular weight is 215 g/mol. The fourth-order valence-corrected chi connectivity index (χ4v) is 2.23. The van der Waals surface area contributed by atoms with Crippen molar-refractivity contribution in [2.45, 2.75) is 6.42 Å². The van der Waals surface area contributed by atoms with Crippen molar-refractivity contribution < 1.29 is 4.42 Å². The van der Waals surface area contributed by atoms with Crippen LogP contribution in [0.1, 0.15) is 11.5 Å². The Morgan fingerprint density at radius 3 is 2.93 bits per heavy atom. The molecular formula is C12H9NOS. The Morgan fingerprint density at radius 1 is 1.20 bits per heavy atom. The van der Waals surface area contributed by atoms with Crippen molar-refractivity contribution in [1.29, 1.82) is 0 Å². The second-order valence-electron chi connectivity index (χ2n) is 3.38. The van der Waals surface area contributed by atoms with Gasteiger partial charge in [0.15, 0.2) is 11.5 Å². The predicted octanol–water partition coefficient (Wildman–Crippen LogP) is 3.48. The van der Waals surface area contributed by atoms with E-state index >= 15 is 0 Å². The zero-order valence-electron chi connectivity index (χ0n) is 8.01. The summed E-state index contributed by atoms with van der Waals surface area (Å²) in [4.78, 5) is 4.43. The molecule has 0 saturated carbocycles. The Balaban J connectivity index is 1.98. The monoisotopic (exact) mass is 215 g/mol.